The average Bonchev–Trinajstić information content (AvgIpc) is 3.64. The Morgan fingerprint density at radius 3 is 2.62 bits per heavy atom. The highest BCUT2D eigenvalue weighted by molar-refractivity contribution is 6.35. The third-order valence-corrected chi connectivity index (χ3v) is 9.11. The first-order valence-electron chi connectivity index (χ1n) is 16.4. The first kappa shape index (κ1) is 34.0. The monoisotopic (exact) mass is 681 g/mol. The van der Waals surface area contributed by atoms with Gasteiger partial charge < -0.3 is 25.7 Å². The van der Waals surface area contributed by atoms with E-state index in [1.807, 2.05) is 0 Å². The number of halogens is 1. The Balaban J connectivity index is 0.959. The highest BCUT2D eigenvalue weighted by Crippen LogP contribution is 2.35. The minimum atomic E-state index is -0.948. The highest BCUT2D eigenvalue weighted by Gasteiger charge is 2.45. The molecule has 2 aromatic carbocycles. The number of aromatic nitrogens is 1. The number of aromatic amines is 1. The van der Waals surface area contributed by atoms with Gasteiger partial charge >= 0.3 is 0 Å². The maximum Gasteiger partial charge on any atom is 0.266 e. The van der Waals surface area contributed by atoms with E-state index in [2.05, 4.69) is 27.5 Å². The molecule has 3 aliphatic heterocycles. The van der Waals surface area contributed by atoms with Gasteiger partial charge in [0.15, 0.2) is 5.78 Å². The van der Waals surface area contributed by atoms with Crippen molar-refractivity contribution in [2.45, 2.75) is 58.4 Å². The number of nitrogens with one attached hydrogen (secondary N) is 4. The first-order chi connectivity index (χ1) is 23.9. The smallest absolute Gasteiger partial charge is 0.266 e. The van der Waals surface area contributed by atoms with Crippen molar-refractivity contribution in [1.29, 1.82) is 0 Å². The SMILES string of the molecule is C=C1CCC(N2C(=O)c3cccc(OCC(=O)CCCCCNC(=O)c4c(C)[nH]c(/C=C5\C(=O)Nc6ccc(F)cc65)c4C)c3C2=O)C(=O)N1. The van der Waals surface area contributed by atoms with E-state index in [1.54, 1.807) is 26.0 Å². The number of rotatable bonds is 12. The molecule has 3 aromatic rings. The number of unbranched alkanes of at least 4 members (excludes halogenated alkanes) is 2. The molecule has 6 rings (SSSR count). The minimum absolute atomic E-state index is 0.0414. The number of imide groups is 1. The number of allylic oxidation sites excluding steroid dienone is 1. The number of carbonyl (C=O) groups is 6. The quantitative estimate of drug-likeness (QED) is 0.123. The summed E-state index contributed by atoms with van der Waals surface area (Å²) in [6, 6.07) is 7.71. The molecule has 50 heavy (non-hydrogen) atoms. The molecule has 1 fully saturated rings. The van der Waals surface area contributed by atoms with E-state index in [4.69, 9.17) is 4.74 Å². The molecule has 0 spiro atoms. The number of piperidine rings is 1. The van der Waals surface area contributed by atoms with Crippen LogP contribution in [0.25, 0.3) is 11.6 Å². The van der Waals surface area contributed by atoms with Crippen LogP contribution in [0.2, 0.25) is 0 Å². The zero-order valence-electron chi connectivity index (χ0n) is 27.7. The topological polar surface area (TPSA) is 167 Å². The van der Waals surface area contributed by atoms with Gasteiger partial charge in [-0.1, -0.05) is 19.1 Å². The van der Waals surface area contributed by atoms with Crippen LogP contribution in [-0.4, -0.2) is 64.4 Å². The van der Waals surface area contributed by atoms with Crippen LogP contribution in [0.5, 0.6) is 5.75 Å². The Morgan fingerprint density at radius 2 is 1.84 bits per heavy atom. The van der Waals surface area contributed by atoms with E-state index < -0.39 is 29.6 Å². The van der Waals surface area contributed by atoms with Crippen molar-refractivity contribution in [2.24, 2.45) is 0 Å². The predicted octanol–water partition coefficient (Wildman–Crippen LogP) is 4.59. The summed E-state index contributed by atoms with van der Waals surface area (Å²) < 4.78 is 19.5. The standard InChI is InChI=1S/C37H36FN5O7/c1-19-11-14-29(34(46)40-19)43-36(48)24-9-7-10-30(32(24)37(43)49)50-18-23(44)8-5-4-6-15-39-35(47)31-20(2)28(41-21(31)3)17-26-25-16-22(38)12-13-27(25)42-33(26)45/h7,9-10,12-13,16-17,29,41H,1,4-6,8,11,14-15,18H2,2-3H3,(H,39,47)(H,40,46)(H,42,45)/b26-17-. The van der Waals surface area contributed by atoms with Gasteiger partial charge in [-0.15, -0.1) is 0 Å². The second-order valence-electron chi connectivity index (χ2n) is 12.6. The van der Waals surface area contributed by atoms with E-state index >= 15 is 0 Å². The summed E-state index contributed by atoms with van der Waals surface area (Å²) in [5, 5.41) is 8.22. The summed E-state index contributed by atoms with van der Waals surface area (Å²) in [6.45, 7) is 7.37. The zero-order chi connectivity index (χ0) is 35.7. The van der Waals surface area contributed by atoms with Crippen LogP contribution < -0.4 is 20.7 Å². The van der Waals surface area contributed by atoms with Gasteiger partial charge in [0.2, 0.25) is 5.91 Å². The number of anilines is 1. The minimum Gasteiger partial charge on any atom is -0.485 e. The molecule has 0 saturated carbocycles. The van der Waals surface area contributed by atoms with Gasteiger partial charge in [-0.3, -0.25) is 33.7 Å². The third kappa shape index (κ3) is 6.58. The summed E-state index contributed by atoms with van der Waals surface area (Å²) in [6.07, 6.45) is 4.42. The summed E-state index contributed by atoms with van der Waals surface area (Å²) >= 11 is 0. The molecule has 0 radical (unpaired) electrons. The van der Waals surface area contributed by atoms with Crippen molar-refractivity contribution in [3.8, 4) is 5.75 Å². The van der Waals surface area contributed by atoms with Gasteiger partial charge in [0, 0.05) is 41.3 Å². The van der Waals surface area contributed by atoms with Crippen LogP contribution in [0.4, 0.5) is 10.1 Å². The number of aryl methyl sites for hydroxylation is 1. The number of Topliss-reactive ketones (excluding diaryl/α,β-unsaturated/α-hetero) is 1. The predicted molar refractivity (Wildman–Crippen MR) is 182 cm³/mol. The van der Waals surface area contributed by atoms with Crippen molar-refractivity contribution in [2.75, 3.05) is 18.5 Å². The molecule has 13 heteroatoms. The normalized spacial score (nSPS) is 17.5. The maximum absolute atomic E-state index is 13.8. The Morgan fingerprint density at radius 1 is 1.04 bits per heavy atom. The third-order valence-electron chi connectivity index (χ3n) is 9.11. The van der Waals surface area contributed by atoms with Crippen molar-refractivity contribution >= 4 is 52.7 Å². The molecule has 1 atom stereocenters. The molecular weight excluding hydrogens is 645 g/mol. The molecule has 1 aromatic heterocycles. The fourth-order valence-electron chi connectivity index (χ4n) is 6.54. The van der Waals surface area contributed by atoms with Crippen LogP contribution in [0.1, 0.15) is 92.1 Å². The highest BCUT2D eigenvalue weighted by atomic mass is 19.1. The summed E-state index contributed by atoms with van der Waals surface area (Å²) in [7, 11) is 0. The number of benzene rings is 2. The van der Waals surface area contributed by atoms with E-state index in [-0.39, 0.29) is 53.9 Å². The van der Waals surface area contributed by atoms with E-state index in [1.165, 1.54) is 30.3 Å². The Hall–Kier alpha value is -5.85. The first-order valence-corrected chi connectivity index (χ1v) is 16.4. The number of ether oxygens (including phenoxy) is 1. The van der Waals surface area contributed by atoms with Crippen molar-refractivity contribution in [1.82, 2.24) is 20.5 Å². The summed E-state index contributed by atoms with van der Waals surface area (Å²) in [4.78, 5) is 81.1. The number of ketones is 1. The molecule has 4 heterocycles. The molecule has 3 aliphatic rings. The number of nitrogens with zero attached hydrogens (tertiary/aromatic N) is 1. The van der Waals surface area contributed by atoms with Gasteiger partial charge in [0.25, 0.3) is 23.6 Å². The van der Waals surface area contributed by atoms with E-state index in [0.717, 1.165) is 4.90 Å². The molecule has 1 unspecified atom stereocenters. The number of H-pyrrole nitrogens is 1. The lowest BCUT2D eigenvalue weighted by atomic mass is 10.0. The number of amides is 5. The van der Waals surface area contributed by atoms with Gasteiger partial charge in [-0.25, -0.2) is 4.39 Å². The molecule has 4 N–H and O–H groups in total. The van der Waals surface area contributed by atoms with Crippen LogP contribution in [0, 0.1) is 19.7 Å². The molecule has 0 bridgehead atoms. The molecule has 0 aliphatic carbocycles. The largest absolute Gasteiger partial charge is 0.485 e. The second kappa shape index (κ2) is 13.9. The van der Waals surface area contributed by atoms with Crippen LogP contribution >= 0.6 is 0 Å². The van der Waals surface area contributed by atoms with Crippen molar-refractivity contribution < 1.29 is 37.9 Å². The average molecular weight is 682 g/mol. The Bertz CT molecular complexity index is 2010. The Labute approximate surface area is 287 Å². The van der Waals surface area contributed by atoms with Gasteiger partial charge in [-0.05, 0) is 81.5 Å². The summed E-state index contributed by atoms with van der Waals surface area (Å²) in [5.74, 6) is -2.84. The lowest BCUT2D eigenvalue weighted by Gasteiger charge is -2.29. The van der Waals surface area contributed by atoms with E-state index in [9.17, 15) is 33.2 Å². The molecule has 1 saturated heterocycles. The van der Waals surface area contributed by atoms with Gasteiger partial charge in [0.1, 0.15) is 24.2 Å². The van der Waals surface area contributed by atoms with Crippen LogP contribution in [0.15, 0.2) is 48.7 Å². The zero-order valence-corrected chi connectivity index (χ0v) is 27.7. The molecule has 5 amide bonds. The second-order valence-corrected chi connectivity index (χ2v) is 12.6. The summed E-state index contributed by atoms with van der Waals surface area (Å²) in [5.41, 5.74) is 4.31. The van der Waals surface area contributed by atoms with Crippen LogP contribution in [0.3, 0.4) is 0 Å². The molecular formula is C37H36FN5O7. The van der Waals surface area contributed by atoms with Crippen molar-refractivity contribution in [3.63, 3.8) is 0 Å². The number of fused-ring (bicyclic) bond motifs is 2. The number of hydrogen-bond acceptors (Lipinski definition) is 7. The fourth-order valence-corrected chi connectivity index (χ4v) is 6.54. The van der Waals surface area contributed by atoms with E-state index in [0.29, 0.717) is 77.3 Å². The van der Waals surface area contributed by atoms with Gasteiger partial charge in [-0.2, -0.15) is 0 Å². The molecule has 258 valence electrons. The number of carbonyl (C=O) groups excluding carboxylic acids is 6. The fraction of sp³-hybridized carbons (Fsp3) is 0.297. The maximum atomic E-state index is 13.8. The lowest BCUT2D eigenvalue weighted by Crippen LogP contribution is -2.51. The van der Waals surface area contributed by atoms with Crippen LogP contribution in [-0.2, 0) is 14.4 Å². The van der Waals surface area contributed by atoms with Crippen molar-refractivity contribution in [3.05, 3.63) is 93.7 Å². The molecule has 12 nitrogen and oxygen atoms in total. The lowest BCUT2D eigenvalue weighted by molar-refractivity contribution is -0.125. The Kier molecular flexibility index (Phi) is 9.49. The van der Waals surface area contributed by atoms with Gasteiger partial charge in [0.05, 0.1) is 22.3 Å². The number of hydrogen-bond donors (Lipinski definition) is 4.